The number of carbonyl (C=O) groups excluding carboxylic acids is 2. The number of halogens is 1. The van der Waals surface area contributed by atoms with Gasteiger partial charge in [0.05, 0.1) is 0 Å². The molecule has 0 aliphatic heterocycles. The fourth-order valence-corrected chi connectivity index (χ4v) is 1.59. The van der Waals surface area contributed by atoms with Crippen molar-refractivity contribution in [1.29, 1.82) is 0 Å². The Labute approximate surface area is 103 Å². The molecule has 0 aliphatic carbocycles. The van der Waals surface area contributed by atoms with E-state index in [1.165, 1.54) is 7.05 Å². The molecule has 0 saturated heterocycles. The molecule has 0 heterocycles. The molecular formula is C11H13BrN2O2. The van der Waals surface area contributed by atoms with Crippen LogP contribution in [0.25, 0.3) is 0 Å². The highest BCUT2D eigenvalue weighted by molar-refractivity contribution is 9.10. The summed E-state index contributed by atoms with van der Waals surface area (Å²) in [5, 5.41) is 5.07. The van der Waals surface area contributed by atoms with Gasteiger partial charge in [0.2, 0.25) is 5.91 Å². The largest absolute Gasteiger partial charge is 0.357 e. The van der Waals surface area contributed by atoms with E-state index in [2.05, 4.69) is 26.6 Å². The van der Waals surface area contributed by atoms with Crippen molar-refractivity contribution < 1.29 is 9.59 Å². The Kier molecular flexibility index (Phi) is 4.49. The van der Waals surface area contributed by atoms with Gasteiger partial charge in [0.25, 0.3) is 5.91 Å². The number of rotatable bonds is 3. The van der Waals surface area contributed by atoms with Gasteiger partial charge in [-0.2, -0.15) is 0 Å². The number of likely N-dealkylation sites (N-methyl/N-ethyl adjacent to an activating group) is 1. The van der Waals surface area contributed by atoms with Crippen LogP contribution in [0.2, 0.25) is 0 Å². The molecule has 5 heteroatoms. The van der Waals surface area contributed by atoms with Gasteiger partial charge in [-0.05, 0) is 25.1 Å². The highest BCUT2D eigenvalue weighted by atomic mass is 79.9. The summed E-state index contributed by atoms with van der Waals surface area (Å²) in [6.07, 6.45) is 0. The molecule has 86 valence electrons. The summed E-state index contributed by atoms with van der Waals surface area (Å²) >= 11 is 3.28. The lowest BCUT2D eigenvalue weighted by atomic mass is 10.2. The van der Waals surface area contributed by atoms with Crippen LogP contribution in [0.4, 0.5) is 0 Å². The van der Waals surface area contributed by atoms with E-state index < -0.39 is 6.04 Å². The van der Waals surface area contributed by atoms with Gasteiger partial charge in [-0.25, -0.2) is 0 Å². The first-order valence-corrected chi connectivity index (χ1v) is 5.62. The Morgan fingerprint density at radius 3 is 2.62 bits per heavy atom. The summed E-state index contributed by atoms with van der Waals surface area (Å²) in [5.41, 5.74) is 0.519. The van der Waals surface area contributed by atoms with Crippen molar-refractivity contribution in [3.05, 3.63) is 34.3 Å². The fourth-order valence-electron chi connectivity index (χ4n) is 1.19. The maximum Gasteiger partial charge on any atom is 0.251 e. The van der Waals surface area contributed by atoms with E-state index in [9.17, 15) is 9.59 Å². The lowest BCUT2D eigenvalue weighted by Gasteiger charge is -2.12. The highest BCUT2D eigenvalue weighted by Crippen LogP contribution is 2.11. The molecule has 0 radical (unpaired) electrons. The molecule has 1 aromatic carbocycles. The first kappa shape index (κ1) is 12.7. The summed E-state index contributed by atoms with van der Waals surface area (Å²) in [4.78, 5) is 22.9. The molecule has 1 unspecified atom stereocenters. The maximum absolute atomic E-state index is 11.7. The number of amides is 2. The van der Waals surface area contributed by atoms with E-state index in [4.69, 9.17) is 0 Å². The predicted octanol–water partition coefficient (Wildman–Crippen LogP) is 1.31. The molecule has 1 atom stereocenters. The van der Waals surface area contributed by atoms with Crippen LogP contribution in [0.1, 0.15) is 17.3 Å². The van der Waals surface area contributed by atoms with Crippen molar-refractivity contribution in [1.82, 2.24) is 10.6 Å². The van der Waals surface area contributed by atoms with E-state index in [0.717, 1.165) is 4.47 Å². The lowest BCUT2D eigenvalue weighted by Crippen LogP contribution is -2.43. The van der Waals surface area contributed by atoms with Crippen LogP contribution < -0.4 is 10.6 Å². The van der Waals surface area contributed by atoms with E-state index >= 15 is 0 Å². The third kappa shape index (κ3) is 3.34. The average molecular weight is 285 g/mol. The monoisotopic (exact) mass is 284 g/mol. The van der Waals surface area contributed by atoms with E-state index in [0.29, 0.717) is 5.56 Å². The zero-order chi connectivity index (χ0) is 12.1. The predicted molar refractivity (Wildman–Crippen MR) is 65.1 cm³/mol. The fraction of sp³-hybridized carbons (Fsp3) is 0.273. The summed E-state index contributed by atoms with van der Waals surface area (Å²) in [6, 6.07) is 6.45. The number of hydrogen-bond donors (Lipinski definition) is 2. The number of nitrogens with one attached hydrogen (secondary N) is 2. The zero-order valence-corrected chi connectivity index (χ0v) is 10.7. The van der Waals surface area contributed by atoms with Crippen LogP contribution in [0.3, 0.4) is 0 Å². The second kappa shape index (κ2) is 5.65. The topological polar surface area (TPSA) is 58.2 Å². The van der Waals surface area contributed by atoms with Gasteiger partial charge >= 0.3 is 0 Å². The summed E-state index contributed by atoms with van der Waals surface area (Å²) < 4.78 is 0.827. The molecule has 0 bridgehead atoms. The Morgan fingerprint density at radius 2 is 2.06 bits per heavy atom. The lowest BCUT2D eigenvalue weighted by molar-refractivity contribution is -0.122. The third-order valence-electron chi connectivity index (χ3n) is 2.07. The maximum atomic E-state index is 11.7. The molecule has 0 saturated carbocycles. The summed E-state index contributed by atoms with van der Waals surface area (Å²) in [5.74, 6) is -0.485. The van der Waals surface area contributed by atoms with E-state index in [1.807, 2.05) is 6.07 Å². The van der Waals surface area contributed by atoms with Gasteiger partial charge in [-0.3, -0.25) is 9.59 Å². The van der Waals surface area contributed by atoms with Crippen LogP contribution in [0, 0.1) is 0 Å². The number of carbonyl (C=O) groups is 2. The average Bonchev–Trinajstić information content (AvgIpc) is 2.27. The van der Waals surface area contributed by atoms with Crippen molar-refractivity contribution in [2.24, 2.45) is 0 Å². The normalized spacial score (nSPS) is 11.7. The minimum Gasteiger partial charge on any atom is -0.357 e. The van der Waals surface area contributed by atoms with Crippen molar-refractivity contribution >= 4 is 27.7 Å². The Hall–Kier alpha value is -1.36. The Morgan fingerprint density at radius 1 is 1.38 bits per heavy atom. The number of hydrogen-bond acceptors (Lipinski definition) is 2. The van der Waals surface area contributed by atoms with Crippen LogP contribution in [0.5, 0.6) is 0 Å². The molecule has 1 aromatic rings. The van der Waals surface area contributed by atoms with Gasteiger partial charge in [-0.15, -0.1) is 0 Å². The van der Waals surface area contributed by atoms with Crippen molar-refractivity contribution in [2.45, 2.75) is 13.0 Å². The number of benzene rings is 1. The molecule has 2 N–H and O–H groups in total. The van der Waals surface area contributed by atoms with Crippen molar-refractivity contribution in [3.63, 3.8) is 0 Å². The van der Waals surface area contributed by atoms with Crippen molar-refractivity contribution in [3.8, 4) is 0 Å². The van der Waals surface area contributed by atoms with Crippen molar-refractivity contribution in [2.75, 3.05) is 7.05 Å². The molecule has 4 nitrogen and oxygen atoms in total. The van der Waals surface area contributed by atoms with Gasteiger partial charge in [0.1, 0.15) is 6.04 Å². The molecule has 2 amide bonds. The first-order valence-electron chi connectivity index (χ1n) is 4.82. The SMILES string of the molecule is CNC(=O)C(C)NC(=O)c1cccc(Br)c1. The van der Waals surface area contributed by atoms with Crippen LogP contribution >= 0.6 is 15.9 Å². The highest BCUT2D eigenvalue weighted by Gasteiger charge is 2.14. The van der Waals surface area contributed by atoms with Crippen LogP contribution in [-0.4, -0.2) is 24.9 Å². The second-order valence-corrected chi connectivity index (χ2v) is 4.24. The van der Waals surface area contributed by atoms with E-state index in [1.54, 1.807) is 25.1 Å². The second-order valence-electron chi connectivity index (χ2n) is 3.32. The van der Waals surface area contributed by atoms with Gasteiger partial charge in [0, 0.05) is 17.1 Å². The Bertz CT molecular complexity index is 407. The summed E-state index contributed by atoms with van der Waals surface area (Å²) in [7, 11) is 1.53. The zero-order valence-electron chi connectivity index (χ0n) is 9.08. The molecule has 0 fully saturated rings. The van der Waals surface area contributed by atoms with Gasteiger partial charge in [0.15, 0.2) is 0 Å². The molecular weight excluding hydrogens is 272 g/mol. The first-order chi connectivity index (χ1) is 7.54. The van der Waals surface area contributed by atoms with Crippen LogP contribution in [-0.2, 0) is 4.79 Å². The standard InChI is InChI=1S/C11H13BrN2O2/c1-7(10(15)13-2)14-11(16)8-4-3-5-9(12)6-8/h3-7H,1-2H3,(H,13,15)(H,14,16). The van der Waals surface area contributed by atoms with Crippen LogP contribution in [0.15, 0.2) is 28.7 Å². The molecule has 0 aromatic heterocycles. The van der Waals surface area contributed by atoms with Gasteiger partial charge < -0.3 is 10.6 Å². The Balaban J connectivity index is 2.69. The minimum absolute atomic E-state index is 0.219. The van der Waals surface area contributed by atoms with E-state index in [-0.39, 0.29) is 11.8 Å². The molecule has 0 aliphatic rings. The third-order valence-corrected chi connectivity index (χ3v) is 2.57. The molecule has 0 spiro atoms. The smallest absolute Gasteiger partial charge is 0.251 e. The molecule has 16 heavy (non-hydrogen) atoms. The summed E-state index contributed by atoms with van der Waals surface area (Å²) in [6.45, 7) is 1.63. The molecule has 1 rings (SSSR count). The van der Waals surface area contributed by atoms with Gasteiger partial charge in [-0.1, -0.05) is 22.0 Å². The minimum atomic E-state index is -0.545. The quantitative estimate of drug-likeness (QED) is 0.879.